The van der Waals surface area contributed by atoms with Gasteiger partial charge in [0, 0.05) is 29.3 Å². The molecule has 0 unspecified atom stereocenters. The summed E-state index contributed by atoms with van der Waals surface area (Å²) in [4.78, 5) is 21.4. The van der Waals surface area contributed by atoms with Crippen molar-refractivity contribution in [1.82, 2.24) is 25.5 Å². The molecule has 1 amide bonds. The van der Waals surface area contributed by atoms with Crippen LogP contribution in [0.3, 0.4) is 0 Å². The van der Waals surface area contributed by atoms with Crippen molar-refractivity contribution < 1.29 is 14.3 Å². The molecule has 0 atom stereocenters. The van der Waals surface area contributed by atoms with Crippen LogP contribution in [-0.2, 0) is 4.79 Å². The lowest BCUT2D eigenvalue weighted by atomic mass is 10.1. The van der Waals surface area contributed by atoms with Crippen LogP contribution in [0.2, 0.25) is 0 Å². The van der Waals surface area contributed by atoms with Crippen molar-refractivity contribution in [3.63, 3.8) is 0 Å². The molecule has 0 bridgehead atoms. The van der Waals surface area contributed by atoms with Crippen LogP contribution in [0.25, 0.3) is 22.3 Å². The molecule has 0 aliphatic heterocycles. The molecule has 170 valence electrons. The Balaban J connectivity index is 1.67. The Morgan fingerprint density at radius 2 is 1.91 bits per heavy atom. The average Bonchev–Trinajstić information content (AvgIpc) is 3.31. The zero-order chi connectivity index (χ0) is 23.2. The lowest BCUT2D eigenvalue weighted by Crippen LogP contribution is -2.34. The van der Waals surface area contributed by atoms with Gasteiger partial charge in [0.1, 0.15) is 17.3 Å². The summed E-state index contributed by atoms with van der Waals surface area (Å²) in [6.07, 6.45) is 1.73. The maximum Gasteiger partial charge on any atom is 0.258 e. The number of aromatic nitrogens is 4. The smallest absolute Gasteiger partial charge is 0.258 e. The van der Waals surface area contributed by atoms with Crippen LogP contribution in [0.4, 0.5) is 11.6 Å². The van der Waals surface area contributed by atoms with Gasteiger partial charge in [0.25, 0.3) is 5.91 Å². The van der Waals surface area contributed by atoms with E-state index in [1.807, 2.05) is 63.2 Å². The zero-order valence-electron chi connectivity index (χ0n) is 18.8. The summed E-state index contributed by atoms with van der Waals surface area (Å²) in [6, 6.07) is 14.9. The quantitative estimate of drug-likeness (QED) is 0.355. The number of hydrogen-bond donors (Lipinski definition) is 3. The van der Waals surface area contributed by atoms with E-state index in [9.17, 15) is 4.79 Å². The fraction of sp³-hybridized carbons (Fsp3) is 0.250. The summed E-state index contributed by atoms with van der Waals surface area (Å²) in [6.45, 7) is 6.25. The number of carbonyl (C=O) groups is 1. The molecular formula is C24H26N6O3. The van der Waals surface area contributed by atoms with Crippen molar-refractivity contribution in [2.24, 2.45) is 0 Å². The highest BCUT2D eigenvalue weighted by Crippen LogP contribution is 2.30. The van der Waals surface area contributed by atoms with E-state index in [1.165, 1.54) is 0 Å². The fourth-order valence-corrected chi connectivity index (χ4v) is 3.28. The number of H-pyrrole nitrogens is 1. The Hall–Kier alpha value is -4.14. The molecule has 33 heavy (non-hydrogen) atoms. The largest absolute Gasteiger partial charge is 0.494 e. The van der Waals surface area contributed by atoms with Gasteiger partial charge in [0.2, 0.25) is 0 Å². The van der Waals surface area contributed by atoms with Gasteiger partial charge >= 0.3 is 0 Å². The van der Waals surface area contributed by atoms with Gasteiger partial charge in [0.05, 0.1) is 12.1 Å². The molecule has 4 rings (SSSR count). The number of nitrogens with one attached hydrogen (secondary N) is 3. The molecule has 2 aromatic heterocycles. The molecule has 9 nitrogen and oxygen atoms in total. The number of anilines is 2. The first kappa shape index (κ1) is 22.1. The molecule has 2 aromatic carbocycles. The number of aromatic amines is 1. The summed E-state index contributed by atoms with van der Waals surface area (Å²) < 4.78 is 11.3. The van der Waals surface area contributed by atoms with Crippen LogP contribution in [0.1, 0.15) is 20.8 Å². The average molecular weight is 447 g/mol. The van der Waals surface area contributed by atoms with E-state index >= 15 is 0 Å². The van der Waals surface area contributed by atoms with Gasteiger partial charge in [-0.15, -0.1) is 0 Å². The number of nitrogens with zero attached hydrogens (tertiary/aromatic N) is 3. The molecule has 0 spiro atoms. The third-order valence-electron chi connectivity index (χ3n) is 4.64. The van der Waals surface area contributed by atoms with Crippen molar-refractivity contribution in [2.75, 3.05) is 18.5 Å². The Morgan fingerprint density at radius 3 is 2.67 bits per heavy atom. The van der Waals surface area contributed by atoms with Crippen molar-refractivity contribution in [1.29, 1.82) is 0 Å². The molecule has 0 aliphatic carbocycles. The second-order valence-electron chi connectivity index (χ2n) is 7.63. The van der Waals surface area contributed by atoms with E-state index < -0.39 is 0 Å². The van der Waals surface area contributed by atoms with Gasteiger partial charge in [-0.2, -0.15) is 5.10 Å². The van der Waals surface area contributed by atoms with Gasteiger partial charge in [-0.25, -0.2) is 9.97 Å². The van der Waals surface area contributed by atoms with Gasteiger partial charge in [-0.3, -0.25) is 9.89 Å². The summed E-state index contributed by atoms with van der Waals surface area (Å²) in [5.41, 5.74) is 1.52. The molecule has 9 heteroatoms. The molecule has 0 saturated heterocycles. The second kappa shape index (κ2) is 9.99. The molecule has 3 N–H and O–H groups in total. The summed E-state index contributed by atoms with van der Waals surface area (Å²) >= 11 is 0. The normalized spacial score (nSPS) is 10.9. The van der Waals surface area contributed by atoms with E-state index in [1.54, 1.807) is 12.3 Å². The monoisotopic (exact) mass is 446 g/mol. The first-order valence-electron chi connectivity index (χ1n) is 10.8. The minimum atomic E-state index is -0.173. The van der Waals surface area contributed by atoms with Crippen molar-refractivity contribution in [2.45, 2.75) is 26.8 Å². The molecule has 4 aromatic rings. The number of hydrogen-bond acceptors (Lipinski definition) is 7. The van der Waals surface area contributed by atoms with Gasteiger partial charge in [0.15, 0.2) is 18.2 Å². The maximum absolute atomic E-state index is 11.9. The van der Waals surface area contributed by atoms with Crippen molar-refractivity contribution in [3.8, 4) is 22.9 Å². The molecule has 2 heterocycles. The first-order valence-corrected chi connectivity index (χ1v) is 10.8. The molecule has 0 aliphatic rings. The van der Waals surface area contributed by atoms with Crippen molar-refractivity contribution >= 4 is 28.4 Å². The van der Waals surface area contributed by atoms with E-state index in [-0.39, 0.29) is 18.6 Å². The highest BCUT2D eigenvalue weighted by Gasteiger charge is 2.13. The summed E-state index contributed by atoms with van der Waals surface area (Å²) in [7, 11) is 0. The minimum Gasteiger partial charge on any atom is -0.494 e. The number of benzene rings is 2. The number of carbonyl (C=O) groups excluding carboxylic acids is 1. The first-order chi connectivity index (χ1) is 16.0. The third kappa shape index (κ3) is 5.57. The van der Waals surface area contributed by atoms with Gasteiger partial charge in [-0.05, 0) is 51.1 Å². The summed E-state index contributed by atoms with van der Waals surface area (Å²) in [5.74, 6) is 2.88. The molecule has 0 fully saturated rings. The van der Waals surface area contributed by atoms with E-state index in [2.05, 4.69) is 20.8 Å². The van der Waals surface area contributed by atoms with Crippen LogP contribution in [0.15, 0.2) is 54.7 Å². The van der Waals surface area contributed by atoms with Crippen LogP contribution in [0, 0.1) is 0 Å². The Labute approximate surface area is 191 Å². The van der Waals surface area contributed by atoms with Gasteiger partial charge in [-0.1, -0.05) is 12.1 Å². The Bertz CT molecular complexity index is 1240. The predicted octanol–water partition coefficient (Wildman–Crippen LogP) is 4.07. The third-order valence-corrected chi connectivity index (χ3v) is 4.64. The van der Waals surface area contributed by atoms with Crippen LogP contribution >= 0.6 is 0 Å². The second-order valence-corrected chi connectivity index (χ2v) is 7.63. The van der Waals surface area contributed by atoms with E-state index in [0.717, 1.165) is 22.2 Å². The standard InChI is InChI=1S/C24H26N6O3/c1-4-32-18-8-9-20-19(13-18)24(28-21-10-11-25-30-21)29-23(27-20)16-6-5-7-17(12-16)33-14-22(31)26-15(2)3/h5-13,15H,4,14H2,1-3H3,(H,26,31)(H2,25,27,28,29,30). The van der Waals surface area contributed by atoms with Crippen molar-refractivity contribution in [3.05, 3.63) is 54.7 Å². The number of amides is 1. The molecule has 0 radical (unpaired) electrons. The predicted molar refractivity (Wildman–Crippen MR) is 127 cm³/mol. The zero-order valence-corrected chi connectivity index (χ0v) is 18.8. The topological polar surface area (TPSA) is 114 Å². The van der Waals surface area contributed by atoms with E-state index in [4.69, 9.17) is 19.4 Å². The lowest BCUT2D eigenvalue weighted by Gasteiger charge is -2.12. The number of fused-ring (bicyclic) bond motifs is 1. The highest BCUT2D eigenvalue weighted by atomic mass is 16.5. The number of rotatable bonds is 9. The lowest BCUT2D eigenvalue weighted by molar-refractivity contribution is -0.123. The molecule has 0 saturated carbocycles. The van der Waals surface area contributed by atoms with Crippen LogP contribution in [-0.4, -0.2) is 45.3 Å². The van der Waals surface area contributed by atoms with Crippen LogP contribution in [0.5, 0.6) is 11.5 Å². The Kier molecular flexibility index (Phi) is 6.68. The van der Waals surface area contributed by atoms with E-state index in [0.29, 0.717) is 29.8 Å². The summed E-state index contributed by atoms with van der Waals surface area (Å²) in [5, 5.41) is 13.8. The maximum atomic E-state index is 11.9. The minimum absolute atomic E-state index is 0.0575. The fourth-order valence-electron chi connectivity index (χ4n) is 3.28. The van der Waals surface area contributed by atoms with Crippen LogP contribution < -0.4 is 20.1 Å². The number of ether oxygens (including phenoxy) is 2. The Morgan fingerprint density at radius 1 is 1.06 bits per heavy atom. The van der Waals surface area contributed by atoms with Gasteiger partial charge < -0.3 is 20.1 Å². The molecular weight excluding hydrogens is 420 g/mol. The SMILES string of the molecule is CCOc1ccc2nc(-c3cccc(OCC(=O)NC(C)C)c3)nc(Nc3cc[nH]n3)c2c1. The highest BCUT2D eigenvalue weighted by molar-refractivity contribution is 5.93.